The van der Waals surface area contributed by atoms with Gasteiger partial charge in [-0.2, -0.15) is 0 Å². The van der Waals surface area contributed by atoms with Crippen LogP contribution in [0.1, 0.15) is 23.5 Å². The lowest BCUT2D eigenvalue weighted by atomic mass is 10.1. The molecule has 0 spiro atoms. The predicted octanol–water partition coefficient (Wildman–Crippen LogP) is 4.15. The van der Waals surface area contributed by atoms with Gasteiger partial charge in [-0.25, -0.2) is 4.39 Å². The van der Waals surface area contributed by atoms with Crippen LogP contribution in [0.4, 0.5) is 10.1 Å². The van der Waals surface area contributed by atoms with Crippen molar-refractivity contribution in [2.24, 2.45) is 5.92 Å². The Morgan fingerprint density at radius 2 is 2.00 bits per heavy atom. The molecule has 1 saturated carbocycles. The van der Waals surface area contributed by atoms with Gasteiger partial charge in [-0.15, -0.1) is 0 Å². The van der Waals surface area contributed by atoms with Gasteiger partial charge in [0.05, 0.1) is 4.92 Å². The lowest BCUT2D eigenvalue weighted by molar-refractivity contribution is -0.384. The van der Waals surface area contributed by atoms with E-state index in [1.165, 1.54) is 35.2 Å². The molecule has 0 N–H and O–H groups in total. The molecule has 1 fully saturated rings. The molecule has 3 rings (SSSR count). The third-order valence-electron chi connectivity index (χ3n) is 4.43. The number of carbonyl (C=O) groups excluding carboxylic acids is 1. The van der Waals surface area contributed by atoms with Crippen LogP contribution in [-0.2, 0) is 11.3 Å². The van der Waals surface area contributed by atoms with Crippen molar-refractivity contribution in [3.63, 3.8) is 0 Å². The van der Waals surface area contributed by atoms with E-state index >= 15 is 0 Å². The van der Waals surface area contributed by atoms with E-state index in [2.05, 4.69) is 0 Å². The van der Waals surface area contributed by atoms with E-state index in [0.29, 0.717) is 10.6 Å². The minimum atomic E-state index is -0.493. The second kappa shape index (κ2) is 6.80. The van der Waals surface area contributed by atoms with Crippen molar-refractivity contribution in [3.05, 3.63) is 74.5 Å². The Balaban J connectivity index is 1.67. The fraction of sp³-hybridized carbons (Fsp3) is 0.278. The summed E-state index contributed by atoms with van der Waals surface area (Å²) in [5, 5.41) is 11.3. The predicted molar refractivity (Wildman–Crippen MR) is 91.8 cm³/mol. The van der Waals surface area contributed by atoms with Gasteiger partial charge in [0.1, 0.15) is 5.82 Å². The Labute approximate surface area is 149 Å². The quantitative estimate of drug-likeness (QED) is 0.593. The van der Waals surface area contributed by atoms with E-state index in [1.807, 2.05) is 0 Å². The highest BCUT2D eigenvalue weighted by molar-refractivity contribution is 6.31. The van der Waals surface area contributed by atoms with Crippen molar-refractivity contribution in [2.75, 3.05) is 7.05 Å². The van der Waals surface area contributed by atoms with Gasteiger partial charge in [0, 0.05) is 36.7 Å². The zero-order chi connectivity index (χ0) is 18.1. The third-order valence-corrected chi connectivity index (χ3v) is 4.80. The van der Waals surface area contributed by atoms with Crippen molar-refractivity contribution in [1.82, 2.24) is 4.90 Å². The molecule has 0 saturated heterocycles. The second-order valence-corrected chi connectivity index (χ2v) is 6.63. The van der Waals surface area contributed by atoms with Crippen molar-refractivity contribution < 1.29 is 14.1 Å². The standard InChI is InChI=1S/C18H16ClFN2O3/c1-21(10-12-8-14(22(24)25)6-7-17(12)19)18(23)16-9-15(16)11-2-4-13(20)5-3-11/h2-8,15-16H,9-10H2,1H3. The topological polar surface area (TPSA) is 63.4 Å². The average Bonchev–Trinajstić information content (AvgIpc) is 3.37. The fourth-order valence-electron chi connectivity index (χ4n) is 2.96. The summed E-state index contributed by atoms with van der Waals surface area (Å²) in [7, 11) is 1.65. The van der Waals surface area contributed by atoms with Crippen LogP contribution in [0.15, 0.2) is 42.5 Å². The molecular weight excluding hydrogens is 347 g/mol. The summed E-state index contributed by atoms with van der Waals surface area (Å²) in [5.41, 5.74) is 1.42. The van der Waals surface area contributed by atoms with Gasteiger partial charge in [0.15, 0.2) is 0 Å². The van der Waals surface area contributed by atoms with Crippen molar-refractivity contribution >= 4 is 23.2 Å². The summed E-state index contributed by atoms with van der Waals surface area (Å²) in [4.78, 5) is 24.5. The highest BCUT2D eigenvalue weighted by Crippen LogP contribution is 2.48. The molecule has 2 atom stereocenters. The van der Waals surface area contributed by atoms with Crippen LogP contribution in [0.25, 0.3) is 0 Å². The Bertz CT molecular complexity index is 826. The zero-order valence-corrected chi connectivity index (χ0v) is 14.2. The van der Waals surface area contributed by atoms with Gasteiger partial charge < -0.3 is 4.90 Å². The second-order valence-electron chi connectivity index (χ2n) is 6.23. The van der Waals surface area contributed by atoms with Crippen molar-refractivity contribution in [3.8, 4) is 0 Å². The molecule has 7 heteroatoms. The van der Waals surface area contributed by atoms with Gasteiger partial charge in [0.2, 0.25) is 5.91 Å². The molecule has 25 heavy (non-hydrogen) atoms. The first kappa shape index (κ1) is 17.4. The summed E-state index contributed by atoms with van der Waals surface area (Å²) in [6.07, 6.45) is 0.720. The number of nitro groups is 1. The monoisotopic (exact) mass is 362 g/mol. The van der Waals surface area contributed by atoms with E-state index in [9.17, 15) is 19.3 Å². The number of hydrogen-bond acceptors (Lipinski definition) is 3. The van der Waals surface area contributed by atoms with Gasteiger partial charge in [-0.3, -0.25) is 14.9 Å². The summed E-state index contributed by atoms with van der Waals surface area (Å²) in [5.74, 6) is -0.398. The summed E-state index contributed by atoms with van der Waals surface area (Å²) < 4.78 is 13.0. The van der Waals surface area contributed by atoms with Crippen molar-refractivity contribution in [1.29, 1.82) is 0 Å². The van der Waals surface area contributed by atoms with Crippen LogP contribution in [-0.4, -0.2) is 22.8 Å². The van der Waals surface area contributed by atoms with E-state index in [-0.39, 0.29) is 35.8 Å². The summed E-state index contributed by atoms with van der Waals surface area (Å²) in [6.45, 7) is 0.200. The molecule has 2 aromatic rings. The number of rotatable bonds is 5. The number of non-ortho nitro benzene ring substituents is 1. The van der Waals surface area contributed by atoms with Crippen LogP contribution >= 0.6 is 11.6 Å². The number of carbonyl (C=O) groups is 1. The Morgan fingerprint density at radius 3 is 2.64 bits per heavy atom. The van der Waals surface area contributed by atoms with Gasteiger partial charge in [-0.05, 0) is 41.7 Å². The normalized spacial score (nSPS) is 18.7. The van der Waals surface area contributed by atoms with E-state index in [1.54, 1.807) is 19.2 Å². The Hall–Kier alpha value is -2.47. The number of nitro benzene ring substituents is 1. The average molecular weight is 363 g/mol. The lowest BCUT2D eigenvalue weighted by Crippen LogP contribution is -2.28. The minimum Gasteiger partial charge on any atom is -0.341 e. The molecule has 2 aromatic carbocycles. The molecule has 1 aliphatic carbocycles. The van der Waals surface area contributed by atoms with Gasteiger partial charge >= 0.3 is 0 Å². The summed E-state index contributed by atoms with van der Waals surface area (Å²) in [6, 6.07) is 10.4. The van der Waals surface area contributed by atoms with Crippen LogP contribution in [0.2, 0.25) is 5.02 Å². The van der Waals surface area contributed by atoms with Crippen molar-refractivity contribution in [2.45, 2.75) is 18.9 Å². The summed E-state index contributed by atoms with van der Waals surface area (Å²) >= 11 is 6.09. The molecule has 0 bridgehead atoms. The third kappa shape index (κ3) is 3.79. The molecule has 130 valence electrons. The maximum atomic E-state index is 13.0. The largest absolute Gasteiger partial charge is 0.341 e. The Morgan fingerprint density at radius 1 is 1.32 bits per heavy atom. The maximum absolute atomic E-state index is 13.0. The molecule has 0 aliphatic heterocycles. The van der Waals surface area contributed by atoms with E-state index < -0.39 is 4.92 Å². The number of amides is 1. The van der Waals surface area contributed by atoms with Gasteiger partial charge in [0.25, 0.3) is 5.69 Å². The number of halogens is 2. The molecule has 0 radical (unpaired) electrons. The van der Waals surface area contributed by atoms with E-state index in [4.69, 9.17) is 11.6 Å². The maximum Gasteiger partial charge on any atom is 0.269 e. The smallest absolute Gasteiger partial charge is 0.269 e. The fourth-order valence-corrected chi connectivity index (χ4v) is 3.14. The van der Waals surface area contributed by atoms with Crippen LogP contribution in [0.5, 0.6) is 0 Å². The SMILES string of the molecule is CN(Cc1cc([N+](=O)[O-])ccc1Cl)C(=O)C1CC1c1ccc(F)cc1. The zero-order valence-electron chi connectivity index (χ0n) is 13.5. The number of hydrogen-bond donors (Lipinski definition) is 0. The number of nitrogens with zero attached hydrogens (tertiary/aromatic N) is 2. The minimum absolute atomic E-state index is 0.0445. The molecule has 0 aromatic heterocycles. The van der Waals surface area contributed by atoms with Crippen LogP contribution < -0.4 is 0 Å². The van der Waals surface area contributed by atoms with Crippen LogP contribution in [0, 0.1) is 21.8 Å². The van der Waals surface area contributed by atoms with Gasteiger partial charge in [-0.1, -0.05) is 23.7 Å². The molecular formula is C18H16ClFN2O3. The molecule has 1 aliphatic rings. The lowest BCUT2D eigenvalue weighted by Gasteiger charge is -2.18. The number of benzene rings is 2. The highest BCUT2D eigenvalue weighted by Gasteiger charge is 2.45. The molecule has 2 unspecified atom stereocenters. The van der Waals surface area contributed by atoms with E-state index in [0.717, 1.165) is 12.0 Å². The first-order valence-electron chi connectivity index (χ1n) is 7.80. The van der Waals surface area contributed by atoms with Crippen LogP contribution in [0.3, 0.4) is 0 Å². The first-order valence-corrected chi connectivity index (χ1v) is 8.18. The first-order chi connectivity index (χ1) is 11.9. The highest BCUT2D eigenvalue weighted by atomic mass is 35.5. The molecule has 5 nitrogen and oxygen atoms in total. The molecule has 1 amide bonds. The molecule has 0 heterocycles. The Kier molecular flexibility index (Phi) is 4.72.